The number of nitrogens with zero attached hydrogens (tertiary/aromatic N) is 1. The quantitative estimate of drug-likeness (QED) is 0.668. The van der Waals surface area contributed by atoms with E-state index in [-0.39, 0.29) is 18.5 Å². The number of methoxy groups -OCH3 is 2. The van der Waals surface area contributed by atoms with Gasteiger partial charge < -0.3 is 24.4 Å². The second-order valence-electron chi connectivity index (χ2n) is 8.82. The molecule has 0 spiro atoms. The van der Waals surface area contributed by atoms with Crippen molar-refractivity contribution in [3.63, 3.8) is 0 Å². The van der Waals surface area contributed by atoms with Crippen molar-refractivity contribution < 1.29 is 28.6 Å². The third-order valence-corrected chi connectivity index (χ3v) is 5.06. The SMILES string of the molecule is COC(=O)CNC(=O)C(C)C(OC)C1CCCN1C(=O)OC(C)(C)C.Cc1ccccc1. The molecule has 32 heavy (non-hydrogen) atoms. The fourth-order valence-corrected chi connectivity index (χ4v) is 3.45. The Bertz CT molecular complexity index is 732. The van der Waals surface area contributed by atoms with E-state index in [1.807, 2.05) is 39.0 Å². The third-order valence-electron chi connectivity index (χ3n) is 5.06. The lowest BCUT2D eigenvalue weighted by molar-refractivity contribution is -0.142. The van der Waals surface area contributed by atoms with Crippen LogP contribution in [0.4, 0.5) is 4.79 Å². The molecule has 1 aromatic rings. The highest BCUT2D eigenvalue weighted by atomic mass is 16.6. The fourth-order valence-electron chi connectivity index (χ4n) is 3.45. The number of nitrogens with one attached hydrogen (secondary N) is 1. The van der Waals surface area contributed by atoms with E-state index in [2.05, 4.69) is 29.1 Å². The summed E-state index contributed by atoms with van der Waals surface area (Å²) in [5.74, 6) is -1.39. The molecule has 0 bridgehead atoms. The normalized spacial score (nSPS) is 17.5. The first-order valence-electron chi connectivity index (χ1n) is 10.9. The average molecular weight is 451 g/mol. The van der Waals surface area contributed by atoms with E-state index in [1.165, 1.54) is 19.8 Å². The molecule has 0 aromatic heterocycles. The summed E-state index contributed by atoms with van der Waals surface area (Å²) >= 11 is 0. The minimum Gasteiger partial charge on any atom is -0.468 e. The molecular weight excluding hydrogens is 412 g/mol. The van der Waals surface area contributed by atoms with Gasteiger partial charge in [-0.1, -0.05) is 42.8 Å². The van der Waals surface area contributed by atoms with Gasteiger partial charge in [0.25, 0.3) is 0 Å². The summed E-state index contributed by atoms with van der Waals surface area (Å²) in [6.07, 6.45) is 0.652. The van der Waals surface area contributed by atoms with E-state index in [0.717, 1.165) is 12.8 Å². The molecule has 1 N–H and O–H groups in total. The number of hydrogen-bond donors (Lipinski definition) is 1. The Labute approximate surface area is 191 Å². The van der Waals surface area contributed by atoms with Crippen molar-refractivity contribution in [2.75, 3.05) is 27.3 Å². The minimum absolute atomic E-state index is 0.198. The third kappa shape index (κ3) is 9.26. The Balaban J connectivity index is 0.000000616. The van der Waals surface area contributed by atoms with Crippen LogP contribution in [0.1, 0.15) is 46.1 Å². The molecule has 1 saturated heterocycles. The monoisotopic (exact) mass is 450 g/mol. The lowest BCUT2D eigenvalue weighted by Crippen LogP contribution is -2.51. The average Bonchev–Trinajstić information content (AvgIpc) is 3.21. The molecule has 1 aliphatic heterocycles. The molecule has 3 unspecified atom stereocenters. The van der Waals surface area contributed by atoms with Crippen LogP contribution < -0.4 is 5.32 Å². The Hall–Kier alpha value is -2.61. The van der Waals surface area contributed by atoms with Gasteiger partial charge in [-0.25, -0.2) is 4.79 Å². The molecule has 1 aromatic carbocycles. The van der Waals surface area contributed by atoms with Gasteiger partial charge in [0.1, 0.15) is 12.1 Å². The molecule has 0 saturated carbocycles. The van der Waals surface area contributed by atoms with E-state index in [9.17, 15) is 14.4 Å². The highest BCUT2D eigenvalue weighted by Gasteiger charge is 2.41. The summed E-state index contributed by atoms with van der Waals surface area (Å²) in [4.78, 5) is 37.5. The number of likely N-dealkylation sites (tertiary alicyclic amines) is 1. The van der Waals surface area contributed by atoms with Gasteiger partial charge in [-0.2, -0.15) is 0 Å². The van der Waals surface area contributed by atoms with Crippen LogP contribution in [0.15, 0.2) is 30.3 Å². The number of aryl methyl sites for hydroxylation is 1. The lowest BCUT2D eigenvalue weighted by atomic mass is 9.95. The molecule has 1 heterocycles. The summed E-state index contributed by atoms with van der Waals surface area (Å²) < 4.78 is 15.5. The zero-order valence-electron chi connectivity index (χ0n) is 20.3. The summed E-state index contributed by atoms with van der Waals surface area (Å²) in [5, 5.41) is 2.53. The van der Waals surface area contributed by atoms with Gasteiger partial charge in [0.2, 0.25) is 5.91 Å². The van der Waals surface area contributed by atoms with Crippen LogP contribution >= 0.6 is 0 Å². The van der Waals surface area contributed by atoms with Crippen molar-refractivity contribution in [1.82, 2.24) is 10.2 Å². The molecule has 1 fully saturated rings. The molecule has 180 valence electrons. The van der Waals surface area contributed by atoms with Gasteiger partial charge in [0.15, 0.2) is 0 Å². The van der Waals surface area contributed by atoms with Crippen LogP contribution in [0.3, 0.4) is 0 Å². The minimum atomic E-state index is -0.587. The van der Waals surface area contributed by atoms with Crippen LogP contribution in [0.5, 0.6) is 0 Å². The summed E-state index contributed by atoms with van der Waals surface area (Å²) in [6.45, 7) is 9.60. The predicted molar refractivity (Wildman–Crippen MR) is 122 cm³/mol. The second kappa shape index (κ2) is 13.1. The number of hydrogen-bond acceptors (Lipinski definition) is 6. The Morgan fingerprint density at radius 3 is 2.25 bits per heavy atom. The van der Waals surface area contributed by atoms with Gasteiger partial charge in [0.05, 0.1) is 25.2 Å². The van der Waals surface area contributed by atoms with Gasteiger partial charge in [-0.3, -0.25) is 9.59 Å². The molecule has 0 aliphatic carbocycles. The van der Waals surface area contributed by atoms with E-state index in [1.54, 1.807) is 11.8 Å². The van der Waals surface area contributed by atoms with Crippen LogP contribution in [0.25, 0.3) is 0 Å². The number of ether oxygens (including phenoxy) is 3. The Morgan fingerprint density at radius 1 is 1.16 bits per heavy atom. The van der Waals surface area contributed by atoms with E-state index in [0.29, 0.717) is 6.54 Å². The number of amides is 2. The van der Waals surface area contributed by atoms with Crippen LogP contribution in [-0.2, 0) is 23.8 Å². The topological polar surface area (TPSA) is 94.2 Å². The molecule has 0 radical (unpaired) electrons. The number of esters is 1. The number of carbonyl (C=O) groups is 3. The maximum atomic E-state index is 12.4. The first kappa shape index (κ1) is 27.4. The largest absolute Gasteiger partial charge is 0.468 e. The molecule has 8 heteroatoms. The number of benzene rings is 1. The van der Waals surface area contributed by atoms with Gasteiger partial charge >= 0.3 is 12.1 Å². The summed E-state index contributed by atoms with van der Waals surface area (Å²) in [6, 6.07) is 10.0. The Kier molecular flexibility index (Phi) is 11.2. The summed E-state index contributed by atoms with van der Waals surface area (Å²) in [7, 11) is 2.77. The van der Waals surface area contributed by atoms with Gasteiger partial charge in [0, 0.05) is 13.7 Å². The first-order valence-corrected chi connectivity index (χ1v) is 10.9. The zero-order valence-corrected chi connectivity index (χ0v) is 20.3. The lowest BCUT2D eigenvalue weighted by Gasteiger charge is -2.34. The van der Waals surface area contributed by atoms with Crippen molar-refractivity contribution in [2.45, 2.75) is 65.2 Å². The first-order chi connectivity index (χ1) is 15.0. The van der Waals surface area contributed by atoms with Gasteiger partial charge in [-0.15, -0.1) is 0 Å². The molecule has 3 atom stereocenters. The van der Waals surface area contributed by atoms with E-state index in [4.69, 9.17) is 9.47 Å². The molecule has 2 rings (SSSR count). The van der Waals surface area contributed by atoms with Crippen molar-refractivity contribution >= 4 is 18.0 Å². The number of rotatable bonds is 6. The van der Waals surface area contributed by atoms with Gasteiger partial charge in [-0.05, 0) is 40.5 Å². The Morgan fingerprint density at radius 2 is 1.78 bits per heavy atom. The standard InChI is InChI=1S/C17H30N2O6.C7H8/c1-11(15(21)18-10-13(20)23-5)14(24-6)12-8-7-9-19(12)16(22)25-17(2,3)4;1-7-5-3-2-4-6-7/h11-12,14H,7-10H2,1-6H3,(H,18,21);2-6H,1H3. The molecule has 1 aliphatic rings. The molecular formula is C24H38N2O6. The van der Waals surface area contributed by atoms with E-state index < -0.39 is 29.7 Å². The van der Waals surface area contributed by atoms with Crippen LogP contribution in [0, 0.1) is 12.8 Å². The van der Waals surface area contributed by atoms with Crippen molar-refractivity contribution in [3.05, 3.63) is 35.9 Å². The molecule has 8 nitrogen and oxygen atoms in total. The van der Waals surface area contributed by atoms with Crippen LogP contribution in [0.2, 0.25) is 0 Å². The van der Waals surface area contributed by atoms with Crippen molar-refractivity contribution in [3.8, 4) is 0 Å². The maximum absolute atomic E-state index is 12.4. The second-order valence-corrected chi connectivity index (χ2v) is 8.82. The summed E-state index contributed by atoms with van der Waals surface area (Å²) in [5.41, 5.74) is 0.735. The fraction of sp³-hybridized carbons (Fsp3) is 0.625. The maximum Gasteiger partial charge on any atom is 0.410 e. The van der Waals surface area contributed by atoms with Crippen molar-refractivity contribution in [2.24, 2.45) is 5.92 Å². The molecule has 2 amide bonds. The highest BCUT2D eigenvalue weighted by Crippen LogP contribution is 2.28. The number of carbonyl (C=O) groups excluding carboxylic acids is 3. The zero-order chi connectivity index (χ0) is 24.3. The van der Waals surface area contributed by atoms with Crippen molar-refractivity contribution in [1.29, 1.82) is 0 Å². The highest BCUT2D eigenvalue weighted by molar-refractivity contribution is 5.83. The smallest absolute Gasteiger partial charge is 0.410 e. The van der Waals surface area contributed by atoms with E-state index >= 15 is 0 Å². The van der Waals surface area contributed by atoms with Crippen LogP contribution in [-0.4, -0.2) is 67.9 Å². The predicted octanol–water partition coefficient (Wildman–Crippen LogP) is 3.32.